The van der Waals surface area contributed by atoms with E-state index in [1.54, 1.807) is 37.3 Å². The number of benzene rings is 1. The van der Waals surface area contributed by atoms with Gasteiger partial charge in [0.05, 0.1) is 24.0 Å². The van der Waals surface area contributed by atoms with Gasteiger partial charge in [0.25, 0.3) is 5.91 Å². The molecular formula is C27H38N10O3. The summed E-state index contributed by atoms with van der Waals surface area (Å²) in [5.41, 5.74) is 1.68. The van der Waals surface area contributed by atoms with Gasteiger partial charge in [-0.15, -0.1) is 10.2 Å². The number of hydrogen-bond acceptors (Lipinski definition) is 10. The molecule has 0 saturated carbocycles. The van der Waals surface area contributed by atoms with Gasteiger partial charge in [0, 0.05) is 59.3 Å². The van der Waals surface area contributed by atoms with Crippen LogP contribution in [-0.4, -0.2) is 100 Å². The normalized spacial score (nSPS) is 14.1. The third kappa shape index (κ3) is 7.30. The number of rotatable bonds is 12. The first-order valence-electron chi connectivity index (χ1n) is 13.6. The fraction of sp³-hybridized carbons (Fsp3) is 0.481. The minimum atomic E-state index is -0.424. The van der Waals surface area contributed by atoms with E-state index in [2.05, 4.69) is 53.0 Å². The van der Waals surface area contributed by atoms with E-state index in [1.165, 1.54) is 19.9 Å². The number of carbonyl (C=O) groups is 2. The number of nitrogens with one attached hydrogen (secondary N) is 3. The number of aryl methyl sites for hydroxylation is 1. The summed E-state index contributed by atoms with van der Waals surface area (Å²) in [6, 6.07) is 7.07. The van der Waals surface area contributed by atoms with E-state index >= 15 is 0 Å². The van der Waals surface area contributed by atoms with Crippen LogP contribution < -0.4 is 20.7 Å². The van der Waals surface area contributed by atoms with E-state index in [9.17, 15) is 9.59 Å². The molecule has 1 aromatic carbocycles. The van der Waals surface area contributed by atoms with Crippen molar-refractivity contribution in [1.29, 1.82) is 0 Å². The van der Waals surface area contributed by atoms with Crippen LogP contribution in [0.1, 0.15) is 36.7 Å². The summed E-state index contributed by atoms with van der Waals surface area (Å²) in [6.45, 7) is 8.01. The number of unbranched alkanes of at least 4 members (excludes halogenated alkanes) is 1. The number of piperazine rings is 1. The van der Waals surface area contributed by atoms with Gasteiger partial charge in [0.1, 0.15) is 6.33 Å². The van der Waals surface area contributed by atoms with Crippen molar-refractivity contribution in [2.75, 3.05) is 64.1 Å². The van der Waals surface area contributed by atoms with Crippen LogP contribution in [0.2, 0.25) is 0 Å². The molecule has 1 fully saturated rings. The predicted octanol–water partition coefficient (Wildman–Crippen LogP) is 2.13. The summed E-state index contributed by atoms with van der Waals surface area (Å²) >= 11 is 0. The summed E-state index contributed by atoms with van der Waals surface area (Å²) in [5.74, 6) is 0.645. The van der Waals surface area contributed by atoms with E-state index in [1.807, 2.05) is 12.1 Å². The Bertz CT molecular complexity index is 1300. The van der Waals surface area contributed by atoms with Crippen molar-refractivity contribution in [2.45, 2.75) is 26.2 Å². The Hall–Kier alpha value is -4.10. The lowest BCUT2D eigenvalue weighted by Crippen LogP contribution is -2.47. The Morgan fingerprint density at radius 2 is 1.80 bits per heavy atom. The second-order valence-corrected chi connectivity index (χ2v) is 9.66. The molecule has 40 heavy (non-hydrogen) atoms. The highest BCUT2D eigenvalue weighted by Gasteiger charge is 2.20. The van der Waals surface area contributed by atoms with Crippen molar-refractivity contribution in [1.82, 2.24) is 40.1 Å². The second kappa shape index (κ2) is 13.8. The van der Waals surface area contributed by atoms with Crippen molar-refractivity contribution in [3.05, 3.63) is 36.3 Å². The fourth-order valence-electron chi connectivity index (χ4n) is 4.56. The molecule has 2 aromatic heterocycles. The minimum Gasteiger partial charge on any atom is -0.494 e. The van der Waals surface area contributed by atoms with Gasteiger partial charge in [-0.3, -0.25) is 14.3 Å². The SMILES string of the molecule is CCCCN1CCN(CCC(=O)Nc2cc(Nc3cccc(-c4ncn(C)n4)c3OC)c(C(=O)NC)nn2)CC1. The number of carbonyl (C=O) groups excluding carboxylic acids is 2. The summed E-state index contributed by atoms with van der Waals surface area (Å²) < 4.78 is 7.29. The number of nitrogens with zero attached hydrogens (tertiary/aromatic N) is 7. The van der Waals surface area contributed by atoms with Crippen LogP contribution in [-0.2, 0) is 11.8 Å². The van der Waals surface area contributed by atoms with Gasteiger partial charge < -0.3 is 30.5 Å². The van der Waals surface area contributed by atoms with Crippen molar-refractivity contribution >= 4 is 29.0 Å². The molecule has 0 aliphatic carbocycles. The van der Waals surface area contributed by atoms with Crippen molar-refractivity contribution in [3.63, 3.8) is 0 Å². The van der Waals surface area contributed by atoms with Crippen molar-refractivity contribution in [2.24, 2.45) is 7.05 Å². The molecule has 214 valence electrons. The average molecular weight is 551 g/mol. The van der Waals surface area contributed by atoms with E-state index in [0.29, 0.717) is 41.5 Å². The first kappa shape index (κ1) is 28.9. The molecule has 0 bridgehead atoms. The summed E-state index contributed by atoms with van der Waals surface area (Å²) in [7, 11) is 4.85. The van der Waals surface area contributed by atoms with Crippen LogP contribution in [0.5, 0.6) is 5.75 Å². The molecule has 3 aromatic rings. The number of aromatic nitrogens is 5. The van der Waals surface area contributed by atoms with Crippen LogP contribution in [0.4, 0.5) is 17.2 Å². The van der Waals surface area contributed by atoms with Crippen LogP contribution >= 0.6 is 0 Å². The van der Waals surface area contributed by atoms with E-state index < -0.39 is 5.91 Å². The molecule has 3 N–H and O–H groups in total. The number of amides is 2. The number of para-hydroxylation sites is 1. The van der Waals surface area contributed by atoms with Crippen LogP contribution in [0, 0.1) is 0 Å². The summed E-state index contributed by atoms with van der Waals surface area (Å²) in [5, 5.41) is 21.2. The molecule has 0 unspecified atom stereocenters. The lowest BCUT2D eigenvalue weighted by molar-refractivity contribution is -0.116. The highest BCUT2D eigenvalue weighted by Crippen LogP contribution is 2.37. The number of anilines is 3. The molecule has 1 saturated heterocycles. The zero-order chi connectivity index (χ0) is 28.5. The smallest absolute Gasteiger partial charge is 0.273 e. The maximum Gasteiger partial charge on any atom is 0.273 e. The third-order valence-corrected chi connectivity index (χ3v) is 6.78. The predicted molar refractivity (Wildman–Crippen MR) is 153 cm³/mol. The monoisotopic (exact) mass is 550 g/mol. The zero-order valence-corrected chi connectivity index (χ0v) is 23.6. The fourth-order valence-corrected chi connectivity index (χ4v) is 4.56. The first-order valence-corrected chi connectivity index (χ1v) is 13.6. The molecule has 4 rings (SSSR count). The Kier molecular flexibility index (Phi) is 9.97. The quantitative estimate of drug-likeness (QED) is 0.307. The molecule has 13 nitrogen and oxygen atoms in total. The van der Waals surface area contributed by atoms with Crippen LogP contribution in [0.3, 0.4) is 0 Å². The Labute approximate surface area is 234 Å². The van der Waals surface area contributed by atoms with Gasteiger partial charge in [-0.2, -0.15) is 5.10 Å². The standard InChI is InChI=1S/C27H38N10O3/c1-5-6-11-36-13-15-37(16-14-36)12-10-23(38)31-22-17-21(24(33-32-22)27(39)28-2)30-20-9-7-8-19(25(20)40-4)26-29-18-35(3)34-26/h7-9,17-18H,5-6,10-16H2,1-4H3,(H,28,39)(H2,30,31,32,38). The third-order valence-electron chi connectivity index (χ3n) is 6.78. The minimum absolute atomic E-state index is 0.0739. The second-order valence-electron chi connectivity index (χ2n) is 9.66. The molecule has 0 atom stereocenters. The van der Waals surface area contributed by atoms with Gasteiger partial charge in [-0.1, -0.05) is 19.4 Å². The molecule has 0 radical (unpaired) electrons. The maximum atomic E-state index is 12.8. The highest BCUT2D eigenvalue weighted by molar-refractivity contribution is 5.99. The molecule has 2 amide bonds. The molecule has 1 aliphatic rings. The van der Waals surface area contributed by atoms with Crippen molar-refractivity contribution < 1.29 is 14.3 Å². The first-order chi connectivity index (χ1) is 19.4. The van der Waals surface area contributed by atoms with Crippen LogP contribution in [0.15, 0.2) is 30.6 Å². The Morgan fingerprint density at radius 3 is 2.45 bits per heavy atom. The van der Waals surface area contributed by atoms with Gasteiger partial charge in [-0.25, -0.2) is 4.98 Å². The largest absolute Gasteiger partial charge is 0.494 e. The van der Waals surface area contributed by atoms with E-state index in [4.69, 9.17) is 4.74 Å². The van der Waals surface area contributed by atoms with Gasteiger partial charge in [-0.05, 0) is 25.1 Å². The molecule has 3 heterocycles. The Morgan fingerprint density at radius 1 is 1.05 bits per heavy atom. The number of methoxy groups -OCH3 is 1. The van der Waals surface area contributed by atoms with E-state index in [-0.39, 0.29) is 17.4 Å². The lowest BCUT2D eigenvalue weighted by Gasteiger charge is -2.34. The number of ether oxygens (including phenoxy) is 1. The highest BCUT2D eigenvalue weighted by atomic mass is 16.5. The molecule has 0 spiro atoms. The lowest BCUT2D eigenvalue weighted by atomic mass is 10.1. The summed E-state index contributed by atoms with van der Waals surface area (Å²) in [6.07, 6.45) is 4.36. The zero-order valence-electron chi connectivity index (χ0n) is 23.6. The van der Waals surface area contributed by atoms with Crippen molar-refractivity contribution in [3.8, 4) is 17.1 Å². The van der Waals surface area contributed by atoms with Gasteiger partial charge in [0.15, 0.2) is 23.1 Å². The number of hydrogen-bond donors (Lipinski definition) is 3. The summed E-state index contributed by atoms with van der Waals surface area (Å²) in [4.78, 5) is 34.4. The average Bonchev–Trinajstić information content (AvgIpc) is 3.41. The van der Waals surface area contributed by atoms with Gasteiger partial charge >= 0.3 is 0 Å². The van der Waals surface area contributed by atoms with Gasteiger partial charge in [0.2, 0.25) is 5.91 Å². The van der Waals surface area contributed by atoms with Crippen LogP contribution in [0.25, 0.3) is 11.4 Å². The molecular weight excluding hydrogens is 512 g/mol. The topological polar surface area (TPSA) is 142 Å². The Balaban J connectivity index is 1.45. The van der Waals surface area contributed by atoms with E-state index in [0.717, 1.165) is 32.7 Å². The molecule has 13 heteroatoms. The maximum absolute atomic E-state index is 12.8. The molecule has 1 aliphatic heterocycles.